The molecule has 0 heterocycles. The SMILES string of the molecule is O=C(CN(Cc1ccc(Cl)c(Cl)c1)S(=O)(=O)c1ccc(Br)cc1)Nc1ccc(F)c(C(F)(F)F)c1. The average molecular weight is 614 g/mol. The van der Waals surface area contributed by atoms with Crippen molar-refractivity contribution in [1.29, 1.82) is 0 Å². The van der Waals surface area contributed by atoms with Crippen LogP contribution in [0.25, 0.3) is 0 Å². The van der Waals surface area contributed by atoms with Crippen LogP contribution in [0.5, 0.6) is 0 Å². The number of carbonyl (C=O) groups excluding carboxylic acids is 1. The van der Waals surface area contributed by atoms with Gasteiger partial charge >= 0.3 is 6.18 Å². The zero-order valence-electron chi connectivity index (χ0n) is 17.4. The number of amides is 1. The third-order valence-corrected chi connectivity index (χ3v) is 7.74. The Bertz CT molecular complexity index is 1350. The first-order valence-electron chi connectivity index (χ1n) is 9.63. The van der Waals surface area contributed by atoms with Gasteiger partial charge in [0, 0.05) is 16.7 Å². The lowest BCUT2D eigenvalue weighted by atomic mass is 10.2. The van der Waals surface area contributed by atoms with E-state index in [4.69, 9.17) is 23.2 Å². The molecule has 0 aliphatic rings. The number of hydrogen-bond donors (Lipinski definition) is 1. The van der Waals surface area contributed by atoms with Crippen LogP contribution in [-0.4, -0.2) is 25.2 Å². The Morgan fingerprint density at radius 1 is 0.971 bits per heavy atom. The largest absolute Gasteiger partial charge is 0.419 e. The normalized spacial score (nSPS) is 12.1. The van der Waals surface area contributed by atoms with Gasteiger partial charge in [0.05, 0.1) is 27.0 Å². The Hall–Kier alpha value is -2.18. The highest BCUT2D eigenvalue weighted by Gasteiger charge is 2.34. The molecule has 3 aromatic rings. The van der Waals surface area contributed by atoms with Crippen molar-refractivity contribution in [1.82, 2.24) is 4.31 Å². The van der Waals surface area contributed by atoms with Crippen LogP contribution in [-0.2, 0) is 27.5 Å². The molecule has 0 unspecified atom stereocenters. The fraction of sp³-hybridized carbons (Fsp3) is 0.136. The van der Waals surface area contributed by atoms with E-state index in [-0.39, 0.29) is 27.2 Å². The molecule has 0 spiro atoms. The highest BCUT2D eigenvalue weighted by atomic mass is 79.9. The highest BCUT2D eigenvalue weighted by molar-refractivity contribution is 9.10. The maximum atomic E-state index is 13.5. The number of nitrogens with zero attached hydrogens (tertiary/aromatic N) is 1. The van der Waals surface area contributed by atoms with E-state index >= 15 is 0 Å². The van der Waals surface area contributed by atoms with Crippen LogP contribution in [0.3, 0.4) is 0 Å². The van der Waals surface area contributed by atoms with Crippen LogP contribution in [0.15, 0.2) is 70.0 Å². The minimum absolute atomic E-state index is 0.116. The molecular weight excluding hydrogens is 599 g/mol. The molecule has 5 nitrogen and oxygen atoms in total. The van der Waals surface area contributed by atoms with Gasteiger partial charge in [-0.3, -0.25) is 4.79 Å². The molecule has 0 aromatic heterocycles. The quantitative estimate of drug-likeness (QED) is 0.300. The van der Waals surface area contributed by atoms with E-state index in [0.29, 0.717) is 22.2 Å². The van der Waals surface area contributed by atoms with Gasteiger partial charge in [0.1, 0.15) is 5.82 Å². The molecule has 0 atom stereocenters. The summed E-state index contributed by atoms with van der Waals surface area (Å²) in [6.07, 6.45) is -4.98. The molecule has 0 saturated carbocycles. The van der Waals surface area contributed by atoms with Crippen LogP contribution in [0.4, 0.5) is 23.2 Å². The molecule has 3 rings (SSSR count). The Morgan fingerprint density at radius 2 is 1.63 bits per heavy atom. The Morgan fingerprint density at radius 3 is 2.23 bits per heavy atom. The molecule has 0 aliphatic carbocycles. The van der Waals surface area contributed by atoms with Gasteiger partial charge in [-0.1, -0.05) is 45.2 Å². The maximum absolute atomic E-state index is 13.5. The second-order valence-corrected chi connectivity index (χ2v) is 10.9. The first-order valence-corrected chi connectivity index (χ1v) is 12.6. The number of carbonyl (C=O) groups is 1. The molecule has 0 bridgehead atoms. The standard InChI is InChI=1S/C22H15BrCl2F4N2O3S/c23-14-2-5-16(6-3-14)35(33,34)31(11-13-1-7-18(24)19(25)9-13)12-21(32)30-15-4-8-20(26)17(10-15)22(27,28)29/h1-10H,11-12H2,(H,30,32). The van der Waals surface area contributed by atoms with Gasteiger partial charge in [0.25, 0.3) is 0 Å². The molecule has 1 N–H and O–H groups in total. The molecule has 0 saturated heterocycles. The van der Waals surface area contributed by atoms with Crippen molar-refractivity contribution >= 4 is 60.7 Å². The summed E-state index contributed by atoms with van der Waals surface area (Å²) in [5.41, 5.74) is -1.50. The molecule has 186 valence electrons. The van der Waals surface area contributed by atoms with E-state index in [0.717, 1.165) is 10.4 Å². The number of sulfonamides is 1. The molecule has 13 heteroatoms. The van der Waals surface area contributed by atoms with E-state index in [1.165, 1.54) is 42.5 Å². The van der Waals surface area contributed by atoms with E-state index < -0.39 is 40.0 Å². The summed E-state index contributed by atoms with van der Waals surface area (Å²) in [6, 6.07) is 12.0. The zero-order valence-corrected chi connectivity index (χ0v) is 21.3. The third-order valence-electron chi connectivity index (χ3n) is 4.67. The van der Waals surface area contributed by atoms with Crippen molar-refractivity contribution in [3.8, 4) is 0 Å². The topological polar surface area (TPSA) is 66.5 Å². The van der Waals surface area contributed by atoms with Crippen LogP contribution in [0, 0.1) is 5.82 Å². The van der Waals surface area contributed by atoms with Gasteiger partial charge in [-0.15, -0.1) is 0 Å². The van der Waals surface area contributed by atoms with E-state index in [1.54, 1.807) is 0 Å². The van der Waals surface area contributed by atoms with Gasteiger partial charge in [0.2, 0.25) is 15.9 Å². The summed E-state index contributed by atoms with van der Waals surface area (Å²) in [7, 11) is -4.23. The van der Waals surface area contributed by atoms with Crippen LogP contribution in [0.2, 0.25) is 10.0 Å². The van der Waals surface area contributed by atoms with Gasteiger partial charge in [-0.25, -0.2) is 12.8 Å². The number of alkyl halides is 3. The second-order valence-electron chi connectivity index (χ2n) is 7.22. The molecule has 3 aromatic carbocycles. The predicted molar refractivity (Wildman–Crippen MR) is 128 cm³/mol. The fourth-order valence-electron chi connectivity index (χ4n) is 3.00. The van der Waals surface area contributed by atoms with Crippen molar-refractivity contribution in [2.45, 2.75) is 17.6 Å². The summed E-state index contributed by atoms with van der Waals surface area (Å²) >= 11 is 15.1. The lowest BCUT2D eigenvalue weighted by Gasteiger charge is -2.22. The van der Waals surface area contributed by atoms with Crippen molar-refractivity contribution in [2.75, 3.05) is 11.9 Å². The molecule has 0 fully saturated rings. The Labute approximate surface area is 216 Å². The fourth-order valence-corrected chi connectivity index (χ4v) is 4.97. The summed E-state index contributed by atoms with van der Waals surface area (Å²) in [6.45, 7) is -1.04. The smallest absolute Gasteiger partial charge is 0.325 e. The predicted octanol–water partition coefficient (Wildman–Crippen LogP) is 6.74. The van der Waals surface area contributed by atoms with Gasteiger partial charge < -0.3 is 5.32 Å². The number of rotatable bonds is 7. The molecule has 0 radical (unpaired) electrons. The lowest BCUT2D eigenvalue weighted by molar-refractivity contribution is -0.140. The number of hydrogen-bond acceptors (Lipinski definition) is 3. The molecule has 1 amide bonds. The van der Waals surface area contributed by atoms with Crippen molar-refractivity contribution in [2.24, 2.45) is 0 Å². The number of nitrogens with one attached hydrogen (secondary N) is 1. The van der Waals surface area contributed by atoms with E-state index in [2.05, 4.69) is 21.2 Å². The summed E-state index contributed by atoms with van der Waals surface area (Å²) in [5.74, 6) is -2.44. The zero-order chi connectivity index (χ0) is 26.0. The van der Waals surface area contributed by atoms with Crippen molar-refractivity contribution in [3.05, 3.63) is 92.1 Å². The maximum Gasteiger partial charge on any atom is 0.419 e. The summed E-state index contributed by atoms with van der Waals surface area (Å²) < 4.78 is 80.6. The highest BCUT2D eigenvalue weighted by Crippen LogP contribution is 2.33. The van der Waals surface area contributed by atoms with E-state index in [9.17, 15) is 30.8 Å². The van der Waals surface area contributed by atoms with E-state index in [1.807, 2.05) is 0 Å². The Balaban J connectivity index is 1.91. The number of anilines is 1. The summed E-state index contributed by atoms with van der Waals surface area (Å²) in [4.78, 5) is 12.5. The third kappa shape index (κ3) is 6.95. The monoisotopic (exact) mass is 612 g/mol. The van der Waals surface area contributed by atoms with Crippen LogP contribution < -0.4 is 5.32 Å². The average Bonchev–Trinajstić information content (AvgIpc) is 2.76. The van der Waals surface area contributed by atoms with Gasteiger partial charge in [-0.05, 0) is 60.2 Å². The Kier molecular flexibility index (Phi) is 8.48. The van der Waals surface area contributed by atoms with Gasteiger partial charge in [0.15, 0.2) is 0 Å². The molecular formula is C22H15BrCl2F4N2O3S. The number of halogens is 7. The lowest BCUT2D eigenvalue weighted by Crippen LogP contribution is -2.37. The first-order chi connectivity index (χ1) is 16.3. The minimum Gasteiger partial charge on any atom is -0.325 e. The minimum atomic E-state index is -4.98. The molecule has 35 heavy (non-hydrogen) atoms. The number of benzene rings is 3. The van der Waals surface area contributed by atoms with Crippen molar-refractivity contribution < 1.29 is 30.8 Å². The second kappa shape index (κ2) is 10.8. The first kappa shape index (κ1) is 27.4. The molecule has 0 aliphatic heterocycles. The van der Waals surface area contributed by atoms with Crippen molar-refractivity contribution in [3.63, 3.8) is 0 Å². The summed E-state index contributed by atoms with van der Waals surface area (Å²) in [5, 5.41) is 2.59. The van der Waals surface area contributed by atoms with Gasteiger partial charge in [-0.2, -0.15) is 17.5 Å². The van der Waals surface area contributed by atoms with Crippen LogP contribution >= 0.6 is 39.1 Å². The van der Waals surface area contributed by atoms with Crippen LogP contribution in [0.1, 0.15) is 11.1 Å².